The van der Waals surface area contributed by atoms with Gasteiger partial charge in [0.2, 0.25) is 5.91 Å². The Hall–Kier alpha value is -1.65. The van der Waals surface area contributed by atoms with Crippen molar-refractivity contribution in [2.45, 2.75) is 13.3 Å². The molecular formula is C14H16ClN3O. The van der Waals surface area contributed by atoms with Gasteiger partial charge in [-0.05, 0) is 30.7 Å². The number of nitrogens with two attached hydrogens (primary N) is 1. The number of benzene rings is 1. The quantitative estimate of drug-likeness (QED) is 0.903. The van der Waals surface area contributed by atoms with Gasteiger partial charge in [0, 0.05) is 18.1 Å². The second-order valence-corrected chi connectivity index (χ2v) is 4.73. The van der Waals surface area contributed by atoms with Crippen LogP contribution in [0.3, 0.4) is 0 Å². The summed E-state index contributed by atoms with van der Waals surface area (Å²) in [6.07, 6.45) is 2.39. The molecule has 1 aromatic heterocycles. The van der Waals surface area contributed by atoms with E-state index in [0.29, 0.717) is 29.2 Å². The third-order valence-corrected chi connectivity index (χ3v) is 3.43. The zero-order valence-corrected chi connectivity index (χ0v) is 11.4. The molecule has 4 nitrogen and oxygen atoms in total. The standard InChI is InChI=1S/C14H16ClN3O/c1-2-9(8-16)14(19)18-12-6-5-11(15)13-10(12)4-3-7-17-13/h3-7,9H,2,8,16H2,1H3,(H,18,19). The normalized spacial score (nSPS) is 12.4. The fourth-order valence-corrected chi connectivity index (χ4v) is 2.15. The molecule has 0 bridgehead atoms. The van der Waals surface area contributed by atoms with Gasteiger partial charge >= 0.3 is 0 Å². The van der Waals surface area contributed by atoms with Crippen molar-refractivity contribution in [2.75, 3.05) is 11.9 Å². The van der Waals surface area contributed by atoms with Gasteiger partial charge in [-0.1, -0.05) is 18.5 Å². The number of hydrogen-bond acceptors (Lipinski definition) is 3. The highest BCUT2D eigenvalue weighted by molar-refractivity contribution is 6.35. The highest BCUT2D eigenvalue weighted by Crippen LogP contribution is 2.28. The maximum atomic E-state index is 12.1. The number of carbonyl (C=O) groups is 1. The smallest absolute Gasteiger partial charge is 0.228 e. The largest absolute Gasteiger partial charge is 0.330 e. The predicted molar refractivity (Wildman–Crippen MR) is 78.2 cm³/mol. The van der Waals surface area contributed by atoms with Crippen molar-refractivity contribution >= 4 is 34.1 Å². The van der Waals surface area contributed by atoms with Gasteiger partial charge in [0.1, 0.15) is 0 Å². The Morgan fingerprint density at radius 3 is 2.95 bits per heavy atom. The Balaban J connectivity index is 2.36. The lowest BCUT2D eigenvalue weighted by Crippen LogP contribution is -2.28. The highest BCUT2D eigenvalue weighted by atomic mass is 35.5. The molecule has 5 heteroatoms. The first kappa shape index (κ1) is 13.8. The van der Waals surface area contributed by atoms with Gasteiger partial charge in [-0.2, -0.15) is 0 Å². The second kappa shape index (κ2) is 5.99. The second-order valence-electron chi connectivity index (χ2n) is 4.32. The highest BCUT2D eigenvalue weighted by Gasteiger charge is 2.16. The Bertz CT molecular complexity index is 596. The minimum absolute atomic E-state index is 0.0718. The lowest BCUT2D eigenvalue weighted by atomic mass is 10.1. The van der Waals surface area contributed by atoms with E-state index in [-0.39, 0.29) is 11.8 Å². The summed E-state index contributed by atoms with van der Waals surface area (Å²) >= 11 is 6.09. The molecule has 1 amide bonds. The fraction of sp³-hybridized carbons (Fsp3) is 0.286. The molecule has 19 heavy (non-hydrogen) atoms. The average Bonchev–Trinajstić information content (AvgIpc) is 2.44. The summed E-state index contributed by atoms with van der Waals surface area (Å²) in [5, 5.41) is 4.29. The molecule has 0 spiro atoms. The number of hydrogen-bond donors (Lipinski definition) is 2. The molecule has 0 fully saturated rings. The molecule has 1 heterocycles. The van der Waals surface area contributed by atoms with E-state index in [1.807, 2.05) is 19.1 Å². The van der Waals surface area contributed by atoms with Crippen LogP contribution in [-0.2, 0) is 4.79 Å². The van der Waals surface area contributed by atoms with E-state index in [1.54, 1.807) is 18.3 Å². The number of nitrogens with one attached hydrogen (secondary N) is 1. The predicted octanol–water partition coefficient (Wildman–Crippen LogP) is 2.81. The molecule has 1 atom stereocenters. The monoisotopic (exact) mass is 277 g/mol. The van der Waals surface area contributed by atoms with Crippen LogP contribution in [0.25, 0.3) is 10.9 Å². The molecular weight excluding hydrogens is 262 g/mol. The van der Waals surface area contributed by atoms with Crippen molar-refractivity contribution in [1.29, 1.82) is 0 Å². The lowest BCUT2D eigenvalue weighted by Gasteiger charge is -2.14. The summed E-state index contributed by atoms with van der Waals surface area (Å²) in [6.45, 7) is 2.28. The van der Waals surface area contributed by atoms with Gasteiger partial charge in [0.15, 0.2) is 0 Å². The number of anilines is 1. The summed E-state index contributed by atoms with van der Waals surface area (Å²) in [5.74, 6) is -0.250. The van der Waals surface area contributed by atoms with Crippen molar-refractivity contribution in [3.63, 3.8) is 0 Å². The van der Waals surface area contributed by atoms with Crippen LogP contribution in [-0.4, -0.2) is 17.4 Å². The summed E-state index contributed by atoms with van der Waals surface area (Å²) in [7, 11) is 0. The van der Waals surface area contributed by atoms with Gasteiger partial charge in [-0.25, -0.2) is 0 Å². The molecule has 2 rings (SSSR count). The van der Waals surface area contributed by atoms with Crippen LogP contribution >= 0.6 is 11.6 Å². The van der Waals surface area contributed by atoms with E-state index in [4.69, 9.17) is 17.3 Å². The van der Waals surface area contributed by atoms with Gasteiger partial charge in [0.25, 0.3) is 0 Å². The summed E-state index contributed by atoms with van der Waals surface area (Å²) in [4.78, 5) is 16.3. The molecule has 0 aliphatic carbocycles. The molecule has 100 valence electrons. The van der Waals surface area contributed by atoms with Crippen LogP contribution < -0.4 is 11.1 Å². The average molecular weight is 278 g/mol. The summed E-state index contributed by atoms with van der Waals surface area (Å²) in [6, 6.07) is 7.21. The number of pyridine rings is 1. The molecule has 0 aliphatic heterocycles. The van der Waals surface area contributed by atoms with Crippen LogP contribution in [0.15, 0.2) is 30.5 Å². The van der Waals surface area contributed by atoms with Crippen molar-refractivity contribution in [3.05, 3.63) is 35.5 Å². The zero-order valence-electron chi connectivity index (χ0n) is 10.7. The topological polar surface area (TPSA) is 68.0 Å². The van der Waals surface area contributed by atoms with Crippen LogP contribution in [0.1, 0.15) is 13.3 Å². The third kappa shape index (κ3) is 2.85. The van der Waals surface area contributed by atoms with E-state index < -0.39 is 0 Å². The zero-order chi connectivity index (χ0) is 13.8. The molecule has 1 aromatic carbocycles. The number of nitrogens with zero attached hydrogens (tertiary/aromatic N) is 1. The van der Waals surface area contributed by atoms with E-state index in [2.05, 4.69) is 10.3 Å². The number of fused-ring (bicyclic) bond motifs is 1. The van der Waals surface area contributed by atoms with Crippen molar-refractivity contribution < 1.29 is 4.79 Å². The van der Waals surface area contributed by atoms with Crippen LogP contribution in [0.4, 0.5) is 5.69 Å². The molecule has 0 aliphatic rings. The van der Waals surface area contributed by atoms with E-state index >= 15 is 0 Å². The van der Waals surface area contributed by atoms with Gasteiger partial charge in [-0.15, -0.1) is 0 Å². The first-order valence-corrected chi connectivity index (χ1v) is 6.59. The van der Waals surface area contributed by atoms with Crippen LogP contribution in [0.5, 0.6) is 0 Å². The number of halogens is 1. The van der Waals surface area contributed by atoms with Crippen molar-refractivity contribution in [2.24, 2.45) is 11.7 Å². The fourth-order valence-electron chi connectivity index (χ4n) is 1.94. The number of carbonyl (C=O) groups excluding carboxylic acids is 1. The SMILES string of the molecule is CCC(CN)C(=O)Nc1ccc(Cl)c2ncccc12. The summed E-state index contributed by atoms with van der Waals surface area (Å²) < 4.78 is 0. The van der Waals surface area contributed by atoms with E-state index in [1.165, 1.54) is 0 Å². The first-order chi connectivity index (χ1) is 9.17. The van der Waals surface area contributed by atoms with Crippen LogP contribution in [0, 0.1) is 5.92 Å². The third-order valence-electron chi connectivity index (χ3n) is 3.13. The van der Waals surface area contributed by atoms with E-state index in [9.17, 15) is 4.79 Å². The molecule has 2 aromatic rings. The maximum absolute atomic E-state index is 12.1. The molecule has 0 saturated heterocycles. The number of aromatic nitrogens is 1. The maximum Gasteiger partial charge on any atom is 0.228 e. The van der Waals surface area contributed by atoms with Gasteiger partial charge in [-0.3, -0.25) is 9.78 Å². The Morgan fingerprint density at radius 2 is 2.26 bits per heavy atom. The molecule has 0 saturated carbocycles. The van der Waals surface area contributed by atoms with Crippen molar-refractivity contribution in [3.8, 4) is 0 Å². The van der Waals surface area contributed by atoms with Crippen molar-refractivity contribution in [1.82, 2.24) is 4.98 Å². The number of rotatable bonds is 4. The Kier molecular flexibility index (Phi) is 4.35. The lowest BCUT2D eigenvalue weighted by molar-refractivity contribution is -0.119. The first-order valence-electron chi connectivity index (χ1n) is 6.21. The molecule has 0 radical (unpaired) electrons. The van der Waals surface area contributed by atoms with Gasteiger partial charge < -0.3 is 11.1 Å². The Labute approximate surface area is 117 Å². The summed E-state index contributed by atoms with van der Waals surface area (Å²) in [5.41, 5.74) is 6.98. The minimum Gasteiger partial charge on any atom is -0.330 e. The molecule has 3 N–H and O–H groups in total. The Morgan fingerprint density at radius 1 is 1.47 bits per heavy atom. The number of amides is 1. The minimum atomic E-state index is -0.178. The van der Waals surface area contributed by atoms with Crippen LogP contribution in [0.2, 0.25) is 5.02 Å². The van der Waals surface area contributed by atoms with Gasteiger partial charge in [0.05, 0.1) is 22.1 Å². The molecule has 1 unspecified atom stereocenters. The van der Waals surface area contributed by atoms with E-state index in [0.717, 1.165) is 5.39 Å².